The Morgan fingerprint density at radius 1 is 1.40 bits per heavy atom. The van der Waals surface area contributed by atoms with Gasteiger partial charge in [-0.05, 0) is 37.6 Å². The van der Waals surface area contributed by atoms with Gasteiger partial charge in [0.15, 0.2) is 0 Å². The average molecular weight is 277 g/mol. The minimum atomic E-state index is -0.307. The van der Waals surface area contributed by atoms with E-state index >= 15 is 0 Å². The van der Waals surface area contributed by atoms with E-state index in [1.165, 1.54) is 12.1 Å². The lowest BCUT2D eigenvalue weighted by molar-refractivity contribution is 0.290. The van der Waals surface area contributed by atoms with Crippen molar-refractivity contribution in [2.75, 3.05) is 0 Å². The SMILES string of the molecule is CCc1cc(COc2ccc(F)cc2[C@H](C)N)n(C)n1. The molecule has 0 spiro atoms. The highest BCUT2D eigenvalue weighted by atomic mass is 19.1. The highest BCUT2D eigenvalue weighted by Crippen LogP contribution is 2.25. The lowest BCUT2D eigenvalue weighted by Crippen LogP contribution is -2.09. The number of nitrogens with zero attached hydrogens (tertiary/aromatic N) is 2. The highest BCUT2D eigenvalue weighted by Gasteiger charge is 2.11. The highest BCUT2D eigenvalue weighted by molar-refractivity contribution is 5.36. The number of rotatable bonds is 5. The molecule has 0 aliphatic carbocycles. The summed E-state index contributed by atoms with van der Waals surface area (Å²) < 4.78 is 20.8. The number of hydrogen-bond acceptors (Lipinski definition) is 3. The van der Waals surface area contributed by atoms with E-state index in [2.05, 4.69) is 12.0 Å². The van der Waals surface area contributed by atoms with Gasteiger partial charge in [0.1, 0.15) is 18.2 Å². The second kappa shape index (κ2) is 6.05. The van der Waals surface area contributed by atoms with Crippen molar-refractivity contribution in [2.45, 2.75) is 32.9 Å². The number of hydrogen-bond donors (Lipinski definition) is 1. The molecule has 0 saturated carbocycles. The molecule has 0 amide bonds. The van der Waals surface area contributed by atoms with Crippen molar-refractivity contribution in [3.8, 4) is 5.75 Å². The second-order valence-electron chi connectivity index (χ2n) is 4.86. The zero-order chi connectivity index (χ0) is 14.7. The van der Waals surface area contributed by atoms with Crippen molar-refractivity contribution in [1.82, 2.24) is 9.78 Å². The average Bonchev–Trinajstić information content (AvgIpc) is 2.78. The molecule has 1 heterocycles. The number of aryl methyl sites for hydroxylation is 2. The van der Waals surface area contributed by atoms with Crippen LogP contribution < -0.4 is 10.5 Å². The molecule has 2 N–H and O–H groups in total. The maximum Gasteiger partial charge on any atom is 0.130 e. The lowest BCUT2D eigenvalue weighted by Gasteiger charge is -2.14. The molecular weight excluding hydrogens is 257 g/mol. The monoisotopic (exact) mass is 277 g/mol. The Morgan fingerprint density at radius 2 is 2.15 bits per heavy atom. The third kappa shape index (κ3) is 3.17. The molecule has 0 aliphatic rings. The van der Waals surface area contributed by atoms with E-state index in [1.807, 2.05) is 13.1 Å². The van der Waals surface area contributed by atoms with Gasteiger partial charge >= 0.3 is 0 Å². The molecule has 1 aromatic heterocycles. The Morgan fingerprint density at radius 3 is 2.75 bits per heavy atom. The molecule has 0 fully saturated rings. The van der Waals surface area contributed by atoms with Crippen LogP contribution in [-0.4, -0.2) is 9.78 Å². The van der Waals surface area contributed by atoms with Crippen molar-refractivity contribution >= 4 is 0 Å². The smallest absolute Gasteiger partial charge is 0.130 e. The predicted molar refractivity (Wildman–Crippen MR) is 75.9 cm³/mol. The fourth-order valence-corrected chi connectivity index (χ4v) is 2.04. The van der Waals surface area contributed by atoms with Crippen molar-refractivity contribution in [3.63, 3.8) is 0 Å². The summed E-state index contributed by atoms with van der Waals surface area (Å²) in [6.07, 6.45) is 0.884. The van der Waals surface area contributed by atoms with Crippen molar-refractivity contribution in [2.24, 2.45) is 12.8 Å². The van der Waals surface area contributed by atoms with Crippen LogP contribution >= 0.6 is 0 Å². The summed E-state index contributed by atoms with van der Waals surface area (Å²) in [6, 6.07) is 6.14. The fraction of sp³-hybridized carbons (Fsp3) is 0.400. The summed E-state index contributed by atoms with van der Waals surface area (Å²) in [5, 5.41) is 4.37. The minimum Gasteiger partial charge on any atom is -0.487 e. The van der Waals surface area contributed by atoms with Crippen LogP contribution in [0.4, 0.5) is 4.39 Å². The van der Waals surface area contributed by atoms with E-state index in [4.69, 9.17) is 10.5 Å². The third-order valence-corrected chi connectivity index (χ3v) is 3.23. The first-order chi connectivity index (χ1) is 9.51. The molecule has 1 aromatic carbocycles. The number of benzene rings is 1. The van der Waals surface area contributed by atoms with Crippen molar-refractivity contribution in [1.29, 1.82) is 0 Å². The van der Waals surface area contributed by atoms with Gasteiger partial charge in [-0.15, -0.1) is 0 Å². The van der Waals surface area contributed by atoms with E-state index in [9.17, 15) is 4.39 Å². The first kappa shape index (κ1) is 14.5. The van der Waals surface area contributed by atoms with Crippen LogP contribution in [0.1, 0.15) is 36.8 Å². The number of nitrogens with two attached hydrogens (primary N) is 1. The fourth-order valence-electron chi connectivity index (χ4n) is 2.04. The standard InChI is InChI=1S/C15H20FN3O/c1-4-12-8-13(19(3)18-12)9-20-15-6-5-11(16)7-14(15)10(2)17/h5-8,10H,4,9,17H2,1-3H3/t10-/m0/s1. The normalized spacial score (nSPS) is 12.4. The number of halogens is 1. The van der Waals surface area contributed by atoms with Gasteiger partial charge in [0.2, 0.25) is 0 Å². The molecule has 2 aromatic rings. The summed E-state index contributed by atoms with van der Waals surface area (Å²) in [6.45, 7) is 4.25. The predicted octanol–water partition coefficient (Wildman–Crippen LogP) is 2.72. The Balaban J connectivity index is 2.16. The number of ether oxygens (including phenoxy) is 1. The van der Waals surface area contributed by atoms with Crippen LogP contribution in [0.25, 0.3) is 0 Å². The Kier molecular flexibility index (Phi) is 4.39. The summed E-state index contributed by atoms with van der Waals surface area (Å²) in [4.78, 5) is 0. The molecule has 1 atom stereocenters. The van der Waals surface area contributed by atoms with E-state index in [0.717, 1.165) is 17.8 Å². The minimum absolute atomic E-state index is 0.279. The molecule has 2 rings (SSSR count). The Bertz CT molecular complexity index is 593. The molecule has 0 aliphatic heterocycles. The maximum absolute atomic E-state index is 13.3. The molecule has 0 bridgehead atoms. The molecule has 0 saturated heterocycles. The van der Waals surface area contributed by atoms with Crippen LogP contribution in [0.3, 0.4) is 0 Å². The molecule has 5 heteroatoms. The maximum atomic E-state index is 13.3. The topological polar surface area (TPSA) is 53.1 Å². The second-order valence-corrected chi connectivity index (χ2v) is 4.86. The molecule has 0 unspecified atom stereocenters. The summed E-state index contributed by atoms with van der Waals surface area (Å²) in [5.41, 5.74) is 8.51. The lowest BCUT2D eigenvalue weighted by atomic mass is 10.1. The molecular formula is C15H20FN3O. The van der Waals surface area contributed by atoms with Gasteiger partial charge in [0.05, 0.1) is 11.4 Å². The van der Waals surface area contributed by atoms with Gasteiger partial charge in [-0.2, -0.15) is 5.10 Å². The zero-order valence-corrected chi connectivity index (χ0v) is 12.1. The first-order valence-electron chi connectivity index (χ1n) is 6.71. The number of aromatic nitrogens is 2. The summed E-state index contributed by atoms with van der Waals surface area (Å²) in [5.74, 6) is 0.305. The van der Waals surface area contributed by atoms with Crippen LogP contribution in [0, 0.1) is 5.82 Å². The zero-order valence-electron chi connectivity index (χ0n) is 12.1. The van der Waals surface area contributed by atoms with Crippen LogP contribution in [-0.2, 0) is 20.1 Å². The first-order valence-corrected chi connectivity index (χ1v) is 6.71. The van der Waals surface area contributed by atoms with Gasteiger partial charge in [0, 0.05) is 18.7 Å². The summed E-state index contributed by atoms with van der Waals surface area (Å²) >= 11 is 0. The molecule has 20 heavy (non-hydrogen) atoms. The van der Waals surface area contributed by atoms with Gasteiger partial charge in [-0.3, -0.25) is 4.68 Å². The van der Waals surface area contributed by atoms with Crippen molar-refractivity contribution < 1.29 is 9.13 Å². The van der Waals surface area contributed by atoms with Gasteiger partial charge in [-0.25, -0.2) is 4.39 Å². The molecule has 0 radical (unpaired) electrons. The van der Waals surface area contributed by atoms with Crippen LogP contribution in [0.2, 0.25) is 0 Å². The van der Waals surface area contributed by atoms with Crippen LogP contribution in [0.5, 0.6) is 5.75 Å². The van der Waals surface area contributed by atoms with Crippen molar-refractivity contribution in [3.05, 3.63) is 47.0 Å². The van der Waals surface area contributed by atoms with Gasteiger partial charge in [-0.1, -0.05) is 6.92 Å². The van der Waals surface area contributed by atoms with Gasteiger partial charge in [0.25, 0.3) is 0 Å². The third-order valence-electron chi connectivity index (χ3n) is 3.23. The molecule has 108 valence electrons. The Labute approximate surface area is 118 Å². The largest absolute Gasteiger partial charge is 0.487 e. The van der Waals surface area contributed by atoms with E-state index < -0.39 is 0 Å². The van der Waals surface area contributed by atoms with E-state index in [1.54, 1.807) is 17.7 Å². The van der Waals surface area contributed by atoms with Crippen LogP contribution in [0.15, 0.2) is 24.3 Å². The van der Waals surface area contributed by atoms with E-state index in [-0.39, 0.29) is 11.9 Å². The van der Waals surface area contributed by atoms with Gasteiger partial charge < -0.3 is 10.5 Å². The Hall–Kier alpha value is -1.88. The quantitative estimate of drug-likeness (QED) is 0.914. The molecule has 4 nitrogen and oxygen atoms in total. The van der Waals surface area contributed by atoms with E-state index in [0.29, 0.717) is 17.9 Å². The summed E-state index contributed by atoms with van der Waals surface area (Å²) in [7, 11) is 1.88.